The summed E-state index contributed by atoms with van der Waals surface area (Å²) >= 11 is 11.9. The first-order valence-corrected chi connectivity index (χ1v) is 8.22. The van der Waals surface area contributed by atoms with Gasteiger partial charge >= 0.3 is 0 Å². The summed E-state index contributed by atoms with van der Waals surface area (Å²) in [6.45, 7) is 4.87. The zero-order chi connectivity index (χ0) is 14.2. The van der Waals surface area contributed by atoms with E-state index in [9.17, 15) is 8.42 Å². The normalized spacial score (nSPS) is 24.2. The van der Waals surface area contributed by atoms with Crippen molar-refractivity contribution < 1.29 is 8.42 Å². The summed E-state index contributed by atoms with van der Waals surface area (Å²) < 4.78 is 26.8. The van der Waals surface area contributed by atoms with Crippen molar-refractivity contribution >= 4 is 45.6 Å². The Bertz CT molecular complexity index is 580. The second kappa shape index (κ2) is 6.81. The van der Waals surface area contributed by atoms with Crippen LogP contribution in [0.2, 0.25) is 10.0 Å². The second-order valence-electron chi connectivity index (χ2n) is 4.81. The molecule has 114 valence electrons. The SMILES string of the molecule is CC1CN(S(=O)(=O)c2cc(Cl)ccc2Cl)C(C)CN1.Cl. The molecular formula is C12H17Cl3N2O2S. The van der Waals surface area contributed by atoms with E-state index in [2.05, 4.69) is 5.32 Å². The zero-order valence-corrected chi connectivity index (χ0v) is 14.3. The van der Waals surface area contributed by atoms with Gasteiger partial charge < -0.3 is 5.32 Å². The van der Waals surface area contributed by atoms with Gasteiger partial charge in [-0.05, 0) is 32.0 Å². The Morgan fingerprint density at radius 2 is 1.95 bits per heavy atom. The van der Waals surface area contributed by atoms with Crippen molar-refractivity contribution in [3.63, 3.8) is 0 Å². The first-order chi connectivity index (χ1) is 8.82. The Morgan fingerprint density at radius 1 is 1.30 bits per heavy atom. The van der Waals surface area contributed by atoms with E-state index in [-0.39, 0.29) is 34.4 Å². The summed E-state index contributed by atoms with van der Waals surface area (Å²) in [7, 11) is -3.62. The number of nitrogens with zero attached hydrogens (tertiary/aromatic N) is 1. The van der Waals surface area contributed by atoms with Gasteiger partial charge in [0.15, 0.2) is 0 Å². The quantitative estimate of drug-likeness (QED) is 0.883. The maximum atomic E-state index is 12.7. The van der Waals surface area contributed by atoms with Gasteiger partial charge in [-0.15, -0.1) is 12.4 Å². The van der Waals surface area contributed by atoms with Crippen LogP contribution < -0.4 is 5.32 Å². The lowest BCUT2D eigenvalue weighted by atomic mass is 10.2. The highest BCUT2D eigenvalue weighted by atomic mass is 35.5. The summed E-state index contributed by atoms with van der Waals surface area (Å²) in [5, 5.41) is 3.80. The average molecular weight is 360 g/mol. The van der Waals surface area contributed by atoms with Crippen LogP contribution in [0.1, 0.15) is 13.8 Å². The number of benzene rings is 1. The summed E-state index contributed by atoms with van der Waals surface area (Å²) in [5.74, 6) is 0. The molecule has 1 aliphatic rings. The molecule has 2 atom stereocenters. The maximum absolute atomic E-state index is 12.7. The van der Waals surface area contributed by atoms with E-state index in [4.69, 9.17) is 23.2 Å². The van der Waals surface area contributed by atoms with Gasteiger partial charge in [0.05, 0.1) is 5.02 Å². The van der Waals surface area contributed by atoms with E-state index in [1.807, 2.05) is 13.8 Å². The van der Waals surface area contributed by atoms with Crippen LogP contribution in [0.4, 0.5) is 0 Å². The molecule has 1 saturated heterocycles. The van der Waals surface area contributed by atoms with Gasteiger partial charge in [-0.2, -0.15) is 4.31 Å². The molecule has 0 radical (unpaired) electrons. The van der Waals surface area contributed by atoms with Crippen LogP contribution >= 0.6 is 35.6 Å². The molecular weight excluding hydrogens is 343 g/mol. The molecule has 1 aliphatic heterocycles. The Kier molecular flexibility index (Phi) is 6.14. The highest BCUT2D eigenvalue weighted by Crippen LogP contribution is 2.29. The summed E-state index contributed by atoms with van der Waals surface area (Å²) in [6.07, 6.45) is 0. The Balaban J connectivity index is 0.00000200. The summed E-state index contributed by atoms with van der Waals surface area (Å²) in [4.78, 5) is 0.0719. The van der Waals surface area contributed by atoms with Crippen LogP contribution in [0.3, 0.4) is 0 Å². The van der Waals surface area contributed by atoms with Crippen LogP contribution in [0.15, 0.2) is 23.1 Å². The monoisotopic (exact) mass is 358 g/mol. The van der Waals surface area contributed by atoms with Crippen molar-refractivity contribution in [2.45, 2.75) is 30.8 Å². The van der Waals surface area contributed by atoms with Crippen molar-refractivity contribution in [3.05, 3.63) is 28.2 Å². The first-order valence-electron chi connectivity index (χ1n) is 6.02. The fourth-order valence-corrected chi connectivity index (χ4v) is 4.58. The molecule has 0 spiro atoms. The number of halogens is 3. The molecule has 2 rings (SSSR count). The number of hydrogen-bond donors (Lipinski definition) is 1. The Hall–Kier alpha value is -0.0400. The number of nitrogens with one attached hydrogen (secondary N) is 1. The van der Waals surface area contributed by atoms with Gasteiger partial charge in [0.25, 0.3) is 0 Å². The average Bonchev–Trinajstić information content (AvgIpc) is 2.35. The van der Waals surface area contributed by atoms with Gasteiger partial charge in [0, 0.05) is 30.2 Å². The molecule has 1 aromatic carbocycles. The minimum atomic E-state index is -3.62. The highest BCUT2D eigenvalue weighted by molar-refractivity contribution is 7.89. The fraction of sp³-hybridized carbons (Fsp3) is 0.500. The molecule has 0 amide bonds. The van der Waals surface area contributed by atoms with E-state index in [0.717, 1.165) is 0 Å². The van der Waals surface area contributed by atoms with E-state index in [1.165, 1.54) is 16.4 Å². The molecule has 8 heteroatoms. The largest absolute Gasteiger partial charge is 0.311 e. The standard InChI is InChI=1S/C12H16Cl2N2O2S.ClH/c1-8-7-16(9(2)6-15-8)19(17,18)12-5-10(13)3-4-11(12)14;/h3-5,8-9,15H,6-7H2,1-2H3;1H. The minimum absolute atomic E-state index is 0. The molecule has 20 heavy (non-hydrogen) atoms. The molecule has 1 fully saturated rings. The van der Waals surface area contributed by atoms with Gasteiger partial charge in [-0.25, -0.2) is 8.42 Å². The van der Waals surface area contributed by atoms with Crippen molar-refractivity contribution in [1.29, 1.82) is 0 Å². The topological polar surface area (TPSA) is 49.4 Å². The second-order valence-corrected chi connectivity index (χ2v) is 7.51. The fourth-order valence-electron chi connectivity index (χ4n) is 2.12. The molecule has 1 aromatic rings. The van der Waals surface area contributed by atoms with E-state index >= 15 is 0 Å². The number of rotatable bonds is 2. The van der Waals surface area contributed by atoms with Crippen molar-refractivity contribution in [2.75, 3.05) is 13.1 Å². The molecule has 1 heterocycles. The van der Waals surface area contributed by atoms with E-state index in [0.29, 0.717) is 18.1 Å². The molecule has 2 unspecified atom stereocenters. The summed E-state index contributed by atoms with van der Waals surface area (Å²) in [5.41, 5.74) is 0. The van der Waals surface area contributed by atoms with Gasteiger partial charge in [0.1, 0.15) is 4.90 Å². The predicted molar refractivity (Wildman–Crippen MR) is 84.5 cm³/mol. The molecule has 1 N–H and O–H groups in total. The van der Waals surface area contributed by atoms with Crippen molar-refractivity contribution in [3.8, 4) is 0 Å². The van der Waals surface area contributed by atoms with Crippen LogP contribution in [0, 0.1) is 0 Å². The van der Waals surface area contributed by atoms with Crippen molar-refractivity contribution in [2.24, 2.45) is 0 Å². The van der Waals surface area contributed by atoms with E-state index < -0.39 is 10.0 Å². The van der Waals surface area contributed by atoms with Gasteiger partial charge in [-0.1, -0.05) is 23.2 Å². The van der Waals surface area contributed by atoms with E-state index in [1.54, 1.807) is 6.07 Å². The molecule has 0 saturated carbocycles. The molecule has 0 bridgehead atoms. The Labute approximate surface area is 135 Å². The van der Waals surface area contributed by atoms with Crippen LogP contribution in [-0.4, -0.2) is 37.9 Å². The lowest BCUT2D eigenvalue weighted by Crippen LogP contribution is -2.56. The molecule has 4 nitrogen and oxygen atoms in total. The summed E-state index contributed by atoms with van der Waals surface area (Å²) in [6, 6.07) is 4.48. The first kappa shape index (κ1) is 18.0. The zero-order valence-electron chi connectivity index (χ0n) is 11.1. The van der Waals surface area contributed by atoms with Crippen LogP contribution in [-0.2, 0) is 10.0 Å². The molecule has 0 aliphatic carbocycles. The molecule has 0 aromatic heterocycles. The van der Waals surface area contributed by atoms with Crippen molar-refractivity contribution in [1.82, 2.24) is 9.62 Å². The van der Waals surface area contributed by atoms with Crippen LogP contribution in [0.5, 0.6) is 0 Å². The Morgan fingerprint density at radius 3 is 2.60 bits per heavy atom. The maximum Gasteiger partial charge on any atom is 0.244 e. The number of sulfonamides is 1. The minimum Gasteiger partial charge on any atom is -0.311 e. The smallest absolute Gasteiger partial charge is 0.244 e. The lowest BCUT2D eigenvalue weighted by Gasteiger charge is -2.36. The number of hydrogen-bond acceptors (Lipinski definition) is 3. The van der Waals surface area contributed by atoms with Crippen LogP contribution in [0.25, 0.3) is 0 Å². The van der Waals surface area contributed by atoms with Gasteiger partial charge in [-0.3, -0.25) is 0 Å². The third-order valence-corrected chi connectivity index (χ3v) is 5.88. The highest BCUT2D eigenvalue weighted by Gasteiger charge is 2.34. The predicted octanol–water partition coefficient (Wildman–Crippen LogP) is 2.79. The lowest BCUT2D eigenvalue weighted by molar-refractivity contribution is 0.244. The van der Waals surface area contributed by atoms with Gasteiger partial charge in [0.2, 0.25) is 10.0 Å². The third-order valence-electron chi connectivity index (χ3n) is 3.19. The third kappa shape index (κ3) is 3.59. The number of piperazine rings is 1.